The number of carbonyl (C=O) groups excluding carboxylic acids is 1. The Balaban J connectivity index is 1.44. The SMILES string of the molecule is CCCCCC/C=C/CCCC(=O)NS(=O)(=O)OC[C@H]1O[C@@H](n2cnc3c(N)ncnc32)[C@H](O)[C@@H]1O. The van der Waals surface area contributed by atoms with Crippen LogP contribution in [-0.2, 0) is 24.0 Å². The summed E-state index contributed by atoms with van der Waals surface area (Å²) in [7, 11) is -4.43. The highest BCUT2D eigenvalue weighted by Gasteiger charge is 2.45. The summed E-state index contributed by atoms with van der Waals surface area (Å²) in [6.45, 7) is 1.54. The Morgan fingerprint density at radius 3 is 2.67 bits per heavy atom. The van der Waals surface area contributed by atoms with E-state index in [0.29, 0.717) is 12.8 Å². The average Bonchev–Trinajstić information content (AvgIpc) is 3.38. The van der Waals surface area contributed by atoms with Gasteiger partial charge in [0.15, 0.2) is 17.7 Å². The van der Waals surface area contributed by atoms with Crippen molar-refractivity contribution in [3.05, 3.63) is 24.8 Å². The first-order valence-electron chi connectivity index (χ1n) is 12.0. The number of aromatic nitrogens is 4. The number of nitrogen functional groups attached to an aromatic ring is 1. The second kappa shape index (κ2) is 13.1. The first kappa shape index (κ1) is 27.9. The van der Waals surface area contributed by atoms with Crippen molar-refractivity contribution < 1.29 is 32.3 Å². The third-order valence-corrected chi connectivity index (χ3v) is 6.71. The fourth-order valence-electron chi connectivity index (χ4n) is 3.83. The predicted molar refractivity (Wildman–Crippen MR) is 130 cm³/mol. The number of imidazole rings is 1. The molecule has 1 amide bonds. The van der Waals surface area contributed by atoms with Crippen molar-refractivity contribution in [3.63, 3.8) is 0 Å². The van der Waals surface area contributed by atoms with E-state index in [9.17, 15) is 23.4 Å². The molecule has 1 fully saturated rings. The maximum Gasteiger partial charge on any atom is 0.362 e. The zero-order chi connectivity index (χ0) is 26.1. The van der Waals surface area contributed by atoms with Crippen LogP contribution in [0.25, 0.3) is 11.2 Å². The van der Waals surface area contributed by atoms with Crippen molar-refractivity contribution in [1.29, 1.82) is 0 Å². The van der Waals surface area contributed by atoms with Gasteiger partial charge in [-0.3, -0.25) is 13.5 Å². The average molecular weight is 527 g/mol. The Morgan fingerprint density at radius 1 is 1.17 bits per heavy atom. The number of amides is 1. The number of allylic oxidation sites excluding steroid dienone is 2. The maximum atomic E-state index is 12.2. The van der Waals surface area contributed by atoms with Gasteiger partial charge in [-0.25, -0.2) is 19.7 Å². The van der Waals surface area contributed by atoms with E-state index in [1.807, 2.05) is 10.8 Å². The third kappa shape index (κ3) is 7.43. The summed E-state index contributed by atoms with van der Waals surface area (Å²) in [5.74, 6) is -0.564. The number of unbranched alkanes of at least 4 members (excludes halogenated alkanes) is 5. The van der Waals surface area contributed by atoms with Crippen LogP contribution in [0.15, 0.2) is 24.8 Å². The molecule has 3 rings (SSSR count). The molecule has 0 saturated carbocycles. The smallest absolute Gasteiger partial charge is 0.362 e. The molecule has 0 radical (unpaired) electrons. The van der Waals surface area contributed by atoms with Crippen LogP contribution in [0.2, 0.25) is 0 Å². The first-order valence-corrected chi connectivity index (χ1v) is 13.4. The minimum atomic E-state index is -4.43. The molecule has 2 aromatic rings. The molecule has 0 aromatic carbocycles. The van der Waals surface area contributed by atoms with Gasteiger partial charge in [0.2, 0.25) is 5.91 Å². The molecule has 2 aromatic heterocycles. The standard InChI is InChI=1S/C22H34N6O7S/c1-2-3-4-5-6-7-8-9-10-11-16(29)27-36(32,33)34-12-15-18(30)19(31)22(35-15)28-14-26-17-20(23)24-13-25-21(17)28/h7-8,13-15,18-19,22,30-31H,2-6,9-12H2,1H3,(H,27,29)(H2,23,24,25)/b8-7+/t15-,18-,19-,22-/m1/s1. The van der Waals surface area contributed by atoms with Crippen molar-refractivity contribution in [3.8, 4) is 0 Å². The number of hydrogen-bond acceptors (Lipinski definition) is 11. The molecule has 0 aliphatic carbocycles. The summed E-state index contributed by atoms with van der Waals surface area (Å²) in [6.07, 6.45) is 8.34. The van der Waals surface area contributed by atoms with Gasteiger partial charge in [-0.15, -0.1) is 0 Å². The molecule has 200 valence electrons. The summed E-state index contributed by atoms with van der Waals surface area (Å²) in [6, 6.07) is 0. The van der Waals surface area contributed by atoms with E-state index < -0.39 is 47.4 Å². The van der Waals surface area contributed by atoms with Crippen LogP contribution >= 0.6 is 0 Å². The molecule has 1 aliphatic rings. The summed E-state index contributed by atoms with van der Waals surface area (Å²) in [4.78, 5) is 24.0. The minimum absolute atomic E-state index is 0.0186. The van der Waals surface area contributed by atoms with Gasteiger partial charge in [0.05, 0.1) is 12.9 Å². The summed E-state index contributed by atoms with van der Waals surface area (Å²) >= 11 is 0. The largest absolute Gasteiger partial charge is 0.387 e. The Bertz CT molecular complexity index is 1140. The zero-order valence-electron chi connectivity index (χ0n) is 20.2. The first-order chi connectivity index (χ1) is 17.2. The lowest BCUT2D eigenvalue weighted by Crippen LogP contribution is -2.37. The van der Waals surface area contributed by atoms with Gasteiger partial charge < -0.3 is 20.7 Å². The van der Waals surface area contributed by atoms with Crippen LogP contribution in [0.3, 0.4) is 0 Å². The molecule has 0 spiro atoms. The van der Waals surface area contributed by atoms with Gasteiger partial charge in [0.25, 0.3) is 0 Å². The molecule has 14 heteroatoms. The minimum Gasteiger partial charge on any atom is -0.387 e. The van der Waals surface area contributed by atoms with Crippen molar-refractivity contribution in [1.82, 2.24) is 24.2 Å². The van der Waals surface area contributed by atoms with Crippen molar-refractivity contribution in [2.45, 2.75) is 82.8 Å². The molecule has 0 bridgehead atoms. The molecular weight excluding hydrogens is 492 g/mol. The number of aliphatic hydroxyl groups excluding tert-OH is 2. The van der Waals surface area contributed by atoms with E-state index in [-0.39, 0.29) is 23.4 Å². The Hall–Kier alpha value is -2.65. The highest BCUT2D eigenvalue weighted by Crippen LogP contribution is 2.32. The monoisotopic (exact) mass is 526 g/mol. The molecule has 13 nitrogen and oxygen atoms in total. The number of ether oxygens (including phenoxy) is 1. The lowest BCUT2D eigenvalue weighted by Gasteiger charge is -2.16. The number of nitrogens with zero attached hydrogens (tertiary/aromatic N) is 4. The topological polar surface area (TPSA) is 192 Å². The van der Waals surface area contributed by atoms with E-state index >= 15 is 0 Å². The molecule has 1 aliphatic heterocycles. The van der Waals surface area contributed by atoms with Crippen LogP contribution in [0.1, 0.15) is 64.5 Å². The molecule has 3 heterocycles. The van der Waals surface area contributed by atoms with E-state index in [1.54, 1.807) is 0 Å². The Labute approximate surface area is 210 Å². The predicted octanol–water partition coefficient (Wildman–Crippen LogP) is 1.10. The Kier molecular flexibility index (Phi) is 10.1. The van der Waals surface area contributed by atoms with E-state index in [2.05, 4.69) is 28.0 Å². The molecule has 5 N–H and O–H groups in total. The molecule has 4 atom stereocenters. The number of nitrogens with one attached hydrogen (secondary N) is 1. The lowest BCUT2D eigenvalue weighted by molar-refractivity contribution is -0.119. The van der Waals surface area contributed by atoms with Gasteiger partial charge in [-0.2, -0.15) is 8.42 Å². The van der Waals surface area contributed by atoms with Gasteiger partial charge in [0, 0.05) is 6.42 Å². The van der Waals surface area contributed by atoms with Gasteiger partial charge >= 0.3 is 10.3 Å². The third-order valence-electron chi connectivity index (χ3n) is 5.79. The lowest BCUT2D eigenvalue weighted by atomic mass is 10.1. The van der Waals surface area contributed by atoms with Crippen LogP contribution in [0, 0.1) is 0 Å². The number of rotatable bonds is 14. The van der Waals surface area contributed by atoms with E-state index in [1.165, 1.54) is 36.5 Å². The van der Waals surface area contributed by atoms with Crippen LogP contribution in [-0.4, -0.2) is 69.0 Å². The number of fused-ring (bicyclic) bond motifs is 1. The number of aliphatic hydroxyl groups is 2. The second-order valence-electron chi connectivity index (χ2n) is 8.61. The number of nitrogens with two attached hydrogens (primary N) is 1. The quantitative estimate of drug-likeness (QED) is 0.203. The molecule has 0 unspecified atom stereocenters. The molecule has 36 heavy (non-hydrogen) atoms. The molecular formula is C22H34N6O7S. The van der Waals surface area contributed by atoms with Crippen LogP contribution in [0.4, 0.5) is 5.82 Å². The van der Waals surface area contributed by atoms with Gasteiger partial charge in [-0.1, -0.05) is 38.3 Å². The van der Waals surface area contributed by atoms with Crippen LogP contribution in [0.5, 0.6) is 0 Å². The van der Waals surface area contributed by atoms with Crippen molar-refractivity contribution in [2.24, 2.45) is 0 Å². The number of anilines is 1. The Morgan fingerprint density at radius 2 is 1.92 bits per heavy atom. The fourth-order valence-corrected chi connectivity index (χ4v) is 4.59. The number of hydrogen-bond donors (Lipinski definition) is 4. The summed E-state index contributed by atoms with van der Waals surface area (Å²) in [5, 5.41) is 20.8. The highest BCUT2D eigenvalue weighted by atomic mass is 32.2. The van der Waals surface area contributed by atoms with Crippen molar-refractivity contribution in [2.75, 3.05) is 12.3 Å². The van der Waals surface area contributed by atoms with E-state index in [0.717, 1.165) is 12.8 Å². The maximum absolute atomic E-state index is 12.2. The fraction of sp³-hybridized carbons (Fsp3) is 0.636. The molecule has 1 saturated heterocycles. The normalized spacial score (nSPS) is 22.5. The zero-order valence-corrected chi connectivity index (χ0v) is 21.0. The van der Waals surface area contributed by atoms with Gasteiger partial charge in [-0.05, 0) is 25.7 Å². The van der Waals surface area contributed by atoms with Crippen LogP contribution < -0.4 is 10.5 Å². The summed E-state index contributed by atoms with van der Waals surface area (Å²) in [5.41, 5.74) is 6.32. The van der Waals surface area contributed by atoms with E-state index in [4.69, 9.17) is 14.7 Å². The van der Waals surface area contributed by atoms with Crippen molar-refractivity contribution >= 4 is 33.2 Å². The second-order valence-corrected chi connectivity index (χ2v) is 9.95. The van der Waals surface area contributed by atoms with Gasteiger partial charge in [0.1, 0.15) is 30.2 Å². The highest BCUT2D eigenvalue weighted by molar-refractivity contribution is 7.85. The number of carbonyl (C=O) groups is 1. The summed E-state index contributed by atoms with van der Waals surface area (Å²) < 4.78 is 38.0.